The molecule has 1 amide bonds. The standard InChI is InChI=1S/C17H20N4O5S2/c1-20(2)28(25,26)15-8-4-3-6-13(15)12-18-17(22)14-7-5-9-21-10-11-27(23,24)19-16(14)21/h3-9H,10-12H2,1-2H3,(H,18,22). The number of sulfonamides is 2. The number of benzene rings is 1. The van der Waals surface area contributed by atoms with Crippen molar-refractivity contribution in [2.75, 3.05) is 26.4 Å². The highest BCUT2D eigenvalue weighted by Crippen LogP contribution is 2.20. The monoisotopic (exact) mass is 424 g/mol. The van der Waals surface area contributed by atoms with Gasteiger partial charge in [0.1, 0.15) is 0 Å². The molecule has 9 nitrogen and oxygen atoms in total. The largest absolute Gasteiger partial charge is 0.348 e. The molecule has 11 heteroatoms. The third-order valence-corrected chi connectivity index (χ3v) is 7.34. The Kier molecular flexibility index (Phi) is 5.41. The van der Waals surface area contributed by atoms with Gasteiger partial charge in [0.25, 0.3) is 15.9 Å². The minimum absolute atomic E-state index is 0.0385. The van der Waals surface area contributed by atoms with Crippen molar-refractivity contribution in [3.8, 4) is 0 Å². The van der Waals surface area contributed by atoms with Gasteiger partial charge in [0.15, 0.2) is 5.84 Å². The summed E-state index contributed by atoms with van der Waals surface area (Å²) in [6, 6.07) is 6.37. The maximum atomic E-state index is 12.7. The highest BCUT2D eigenvalue weighted by molar-refractivity contribution is 7.90. The minimum atomic E-state index is -3.67. The highest BCUT2D eigenvalue weighted by atomic mass is 32.2. The van der Waals surface area contributed by atoms with Gasteiger partial charge in [-0.15, -0.1) is 4.40 Å². The Morgan fingerprint density at radius 3 is 2.71 bits per heavy atom. The van der Waals surface area contributed by atoms with Gasteiger partial charge >= 0.3 is 0 Å². The van der Waals surface area contributed by atoms with Gasteiger partial charge in [-0.3, -0.25) is 4.79 Å². The second-order valence-corrected chi connectivity index (χ2v) is 10.3. The number of allylic oxidation sites excluding steroid dienone is 2. The third kappa shape index (κ3) is 4.01. The summed E-state index contributed by atoms with van der Waals surface area (Å²) in [7, 11) is -4.42. The Labute approximate surface area is 164 Å². The second kappa shape index (κ2) is 7.49. The molecule has 2 aliphatic rings. The molecule has 0 saturated carbocycles. The smallest absolute Gasteiger partial charge is 0.256 e. The molecule has 0 spiro atoms. The van der Waals surface area contributed by atoms with E-state index in [0.29, 0.717) is 5.56 Å². The quantitative estimate of drug-likeness (QED) is 0.714. The molecule has 0 bridgehead atoms. The van der Waals surface area contributed by atoms with Gasteiger partial charge in [-0.2, -0.15) is 0 Å². The SMILES string of the molecule is CN(C)S(=O)(=O)c1ccccc1CNC(=O)C1=CC=CN2CCS(=O)(=O)N=C12. The van der Waals surface area contributed by atoms with E-state index in [0.717, 1.165) is 4.31 Å². The van der Waals surface area contributed by atoms with Crippen LogP contribution in [0.15, 0.2) is 57.5 Å². The number of nitrogens with one attached hydrogen (secondary N) is 1. The lowest BCUT2D eigenvalue weighted by atomic mass is 10.1. The van der Waals surface area contributed by atoms with E-state index < -0.39 is 26.0 Å². The predicted octanol–water partition coefficient (Wildman–Crippen LogP) is 0.0507. The van der Waals surface area contributed by atoms with E-state index in [1.807, 2.05) is 0 Å². The second-order valence-electron chi connectivity index (χ2n) is 6.39. The summed E-state index contributed by atoms with van der Waals surface area (Å²) in [6.07, 6.45) is 4.77. The van der Waals surface area contributed by atoms with Crippen LogP contribution in [0.1, 0.15) is 5.56 Å². The van der Waals surface area contributed by atoms with E-state index in [4.69, 9.17) is 0 Å². The summed E-state index contributed by atoms with van der Waals surface area (Å²) >= 11 is 0. The number of amidine groups is 1. The molecule has 28 heavy (non-hydrogen) atoms. The lowest BCUT2D eigenvalue weighted by Gasteiger charge is -2.28. The maximum Gasteiger partial charge on any atom is 0.256 e. The van der Waals surface area contributed by atoms with Crippen molar-refractivity contribution in [2.45, 2.75) is 11.4 Å². The van der Waals surface area contributed by atoms with Crippen LogP contribution in [0, 0.1) is 0 Å². The Balaban J connectivity index is 1.83. The summed E-state index contributed by atoms with van der Waals surface area (Å²) in [4.78, 5) is 14.3. The molecule has 0 fully saturated rings. The predicted molar refractivity (Wildman–Crippen MR) is 104 cm³/mol. The Hall–Kier alpha value is -2.50. The van der Waals surface area contributed by atoms with Crippen LogP contribution in [0.2, 0.25) is 0 Å². The molecule has 0 saturated heterocycles. The molecular weight excluding hydrogens is 404 g/mol. The Morgan fingerprint density at radius 1 is 1.29 bits per heavy atom. The van der Waals surface area contributed by atoms with E-state index in [1.54, 1.807) is 35.4 Å². The molecule has 0 aliphatic carbocycles. The molecule has 2 heterocycles. The normalized spacial score (nSPS) is 18.3. The number of hydrogen-bond acceptors (Lipinski definition) is 6. The average Bonchev–Trinajstić information content (AvgIpc) is 2.65. The lowest BCUT2D eigenvalue weighted by molar-refractivity contribution is -0.117. The molecule has 0 aromatic heterocycles. The number of fused-ring (bicyclic) bond motifs is 1. The number of amides is 1. The molecule has 3 rings (SSSR count). The lowest BCUT2D eigenvalue weighted by Crippen LogP contribution is -2.42. The molecule has 1 aromatic rings. The van der Waals surface area contributed by atoms with E-state index >= 15 is 0 Å². The van der Waals surface area contributed by atoms with Gasteiger partial charge in [0, 0.05) is 33.4 Å². The van der Waals surface area contributed by atoms with Crippen molar-refractivity contribution in [3.63, 3.8) is 0 Å². The molecule has 1 aromatic carbocycles. The summed E-state index contributed by atoms with van der Waals surface area (Å²) in [5.74, 6) is -0.589. The first-order chi connectivity index (χ1) is 13.1. The third-order valence-electron chi connectivity index (χ3n) is 4.27. The number of hydrogen-bond donors (Lipinski definition) is 1. The number of nitrogens with zero attached hydrogens (tertiary/aromatic N) is 3. The van der Waals surface area contributed by atoms with Crippen LogP contribution in [-0.2, 0) is 31.4 Å². The van der Waals surface area contributed by atoms with E-state index in [2.05, 4.69) is 9.71 Å². The Bertz CT molecular complexity index is 1100. The maximum absolute atomic E-state index is 12.7. The molecule has 0 unspecified atom stereocenters. The van der Waals surface area contributed by atoms with Crippen molar-refractivity contribution in [1.82, 2.24) is 14.5 Å². The van der Waals surface area contributed by atoms with Crippen LogP contribution in [0.4, 0.5) is 0 Å². The van der Waals surface area contributed by atoms with Crippen LogP contribution in [0.25, 0.3) is 0 Å². The molecule has 1 N–H and O–H groups in total. The van der Waals surface area contributed by atoms with Crippen LogP contribution in [0.3, 0.4) is 0 Å². The van der Waals surface area contributed by atoms with Crippen LogP contribution in [-0.4, -0.2) is 64.2 Å². The fourth-order valence-corrected chi connectivity index (χ4v) is 4.86. The zero-order chi connectivity index (χ0) is 20.5. The van der Waals surface area contributed by atoms with Crippen molar-refractivity contribution < 1.29 is 21.6 Å². The number of rotatable bonds is 5. The van der Waals surface area contributed by atoms with Crippen LogP contribution < -0.4 is 5.32 Å². The summed E-state index contributed by atoms with van der Waals surface area (Å²) in [6.45, 7) is 0.176. The molecular formula is C17H20N4O5S2. The Morgan fingerprint density at radius 2 is 2.00 bits per heavy atom. The zero-order valence-electron chi connectivity index (χ0n) is 15.4. The van der Waals surface area contributed by atoms with Gasteiger partial charge in [-0.05, 0) is 23.8 Å². The molecule has 2 aliphatic heterocycles. The number of carbonyl (C=O) groups excluding carboxylic acids is 1. The van der Waals surface area contributed by atoms with Gasteiger partial charge in [0.05, 0.1) is 16.2 Å². The van der Waals surface area contributed by atoms with Crippen LogP contribution >= 0.6 is 0 Å². The first kappa shape index (κ1) is 20.2. The summed E-state index contributed by atoms with van der Waals surface area (Å²) in [5.41, 5.74) is 0.533. The first-order valence-corrected chi connectivity index (χ1v) is 11.4. The fourth-order valence-electron chi connectivity index (χ4n) is 2.76. The van der Waals surface area contributed by atoms with Crippen molar-refractivity contribution in [3.05, 3.63) is 53.8 Å². The molecule has 0 atom stereocenters. The van der Waals surface area contributed by atoms with E-state index in [9.17, 15) is 21.6 Å². The summed E-state index contributed by atoms with van der Waals surface area (Å²) < 4.78 is 53.3. The highest BCUT2D eigenvalue weighted by Gasteiger charge is 2.30. The van der Waals surface area contributed by atoms with Crippen molar-refractivity contribution in [2.24, 2.45) is 4.40 Å². The van der Waals surface area contributed by atoms with E-state index in [-0.39, 0.29) is 35.1 Å². The van der Waals surface area contributed by atoms with Gasteiger partial charge in [0.2, 0.25) is 10.0 Å². The van der Waals surface area contributed by atoms with Crippen molar-refractivity contribution >= 4 is 31.8 Å². The first-order valence-electron chi connectivity index (χ1n) is 8.38. The molecule has 0 radical (unpaired) electrons. The van der Waals surface area contributed by atoms with Crippen LogP contribution in [0.5, 0.6) is 0 Å². The van der Waals surface area contributed by atoms with Gasteiger partial charge < -0.3 is 10.2 Å². The zero-order valence-corrected chi connectivity index (χ0v) is 17.0. The van der Waals surface area contributed by atoms with Gasteiger partial charge in [-0.1, -0.05) is 18.2 Å². The summed E-state index contributed by atoms with van der Waals surface area (Å²) in [5, 5.41) is 2.65. The minimum Gasteiger partial charge on any atom is -0.348 e. The topological polar surface area (TPSA) is 116 Å². The molecule has 150 valence electrons. The fraction of sp³-hybridized carbons (Fsp3) is 0.294. The number of carbonyl (C=O) groups is 1. The van der Waals surface area contributed by atoms with Crippen molar-refractivity contribution in [1.29, 1.82) is 0 Å². The average molecular weight is 425 g/mol. The van der Waals surface area contributed by atoms with Gasteiger partial charge in [-0.25, -0.2) is 21.1 Å². The van der Waals surface area contributed by atoms with E-state index in [1.165, 1.54) is 26.2 Å².